The van der Waals surface area contributed by atoms with Crippen LogP contribution in [0.15, 0.2) is 0 Å². The zero-order valence-corrected chi connectivity index (χ0v) is 10.7. The van der Waals surface area contributed by atoms with E-state index in [1.54, 1.807) is 13.8 Å². The van der Waals surface area contributed by atoms with Crippen LogP contribution in [-0.2, 0) is 14.6 Å². The topological polar surface area (TPSA) is 83.5 Å². The standard InChI is InChI=1S/C10H19NO4S/c1-10(2,16(3,14)15)6-11-8-5-4-7(8)9(12)13/h7-8,11H,4-6H2,1-3H3,(H,12,13). The molecule has 2 N–H and O–H groups in total. The van der Waals surface area contributed by atoms with Gasteiger partial charge in [0.05, 0.1) is 10.7 Å². The minimum absolute atomic E-state index is 0.0847. The maximum absolute atomic E-state index is 11.4. The quantitative estimate of drug-likeness (QED) is 0.730. The molecule has 94 valence electrons. The number of rotatable bonds is 5. The molecule has 16 heavy (non-hydrogen) atoms. The summed E-state index contributed by atoms with van der Waals surface area (Å²) in [4.78, 5) is 10.8. The van der Waals surface area contributed by atoms with Crippen molar-refractivity contribution in [2.45, 2.75) is 37.5 Å². The highest BCUT2D eigenvalue weighted by atomic mass is 32.2. The van der Waals surface area contributed by atoms with Crippen molar-refractivity contribution < 1.29 is 18.3 Å². The van der Waals surface area contributed by atoms with E-state index in [4.69, 9.17) is 5.11 Å². The minimum Gasteiger partial charge on any atom is -0.481 e. The molecule has 0 aromatic carbocycles. The fraction of sp³-hybridized carbons (Fsp3) is 0.900. The summed E-state index contributed by atoms with van der Waals surface area (Å²) in [6.07, 6.45) is 2.67. The molecule has 0 spiro atoms. The molecule has 1 aliphatic rings. The lowest BCUT2D eigenvalue weighted by Gasteiger charge is -2.36. The zero-order valence-electron chi connectivity index (χ0n) is 9.86. The van der Waals surface area contributed by atoms with Crippen molar-refractivity contribution >= 4 is 15.8 Å². The van der Waals surface area contributed by atoms with E-state index < -0.39 is 20.6 Å². The summed E-state index contributed by atoms with van der Waals surface area (Å²) >= 11 is 0. The van der Waals surface area contributed by atoms with Crippen molar-refractivity contribution in [1.29, 1.82) is 0 Å². The Kier molecular flexibility index (Phi) is 3.64. The van der Waals surface area contributed by atoms with Crippen molar-refractivity contribution in [2.24, 2.45) is 5.92 Å². The summed E-state index contributed by atoms with van der Waals surface area (Å²) in [5, 5.41) is 11.9. The summed E-state index contributed by atoms with van der Waals surface area (Å²) in [7, 11) is -3.13. The van der Waals surface area contributed by atoms with E-state index in [-0.39, 0.29) is 12.0 Å². The average Bonchev–Trinajstić information content (AvgIpc) is 1.98. The Balaban J connectivity index is 2.50. The summed E-state index contributed by atoms with van der Waals surface area (Å²) < 4.78 is 22.0. The van der Waals surface area contributed by atoms with Gasteiger partial charge in [0.15, 0.2) is 9.84 Å². The molecular weight excluding hydrogens is 230 g/mol. The van der Waals surface area contributed by atoms with Gasteiger partial charge in [-0.25, -0.2) is 8.42 Å². The fourth-order valence-electron chi connectivity index (χ4n) is 1.55. The molecule has 5 nitrogen and oxygen atoms in total. The molecule has 0 radical (unpaired) electrons. The van der Waals surface area contributed by atoms with E-state index in [1.165, 1.54) is 6.26 Å². The second kappa shape index (κ2) is 4.33. The van der Waals surface area contributed by atoms with Gasteiger partial charge < -0.3 is 10.4 Å². The van der Waals surface area contributed by atoms with Crippen LogP contribution < -0.4 is 5.32 Å². The molecule has 0 aliphatic heterocycles. The number of carbonyl (C=O) groups is 1. The van der Waals surface area contributed by atoms with Gasteiger partial charge in [-0.1, -0.05) is 0 Å². The molecule has 0 bridgehead atoms. The normalized spacial score (nSPS) is 26.2. The molecule has 1 aliphatic carbocycles. The van der Waals surface area contributed by atoms with Crippen molar-refractivity contribution in [3.8, 4) is 0 Å². The van der Waals surface area contributed by atoms with Crippen LogP contribution in [0.4, 0.5) is 0 Å². The lowest BCUT2D eigenvalue weighted by Crippen LogP contribution is -2.53. The second-order valence-corrected chi connectivity index (χ2v) is 7.69. The third-order valence-corrected chi connectivity index (χ3v) is 5.54. The van der Waals surface area contributed by atoms with E-state index in [9.17, 15) is 13.2 Å². The Morgan fingerprint density at radius 2 is 2.00 bits per heavy atom. The first kappa shape index (κ1) is 13.4. The van der Waals surface area contributed by atoms with Gasteiger partial charge >= 0.3 is 5.97 Å². The van der Waals surface area contributed by atoms with E-state index in [0.717, 1.165) is 6.42 Å². The van der Waals surface area contributed by atoms with Crippen molar-refractivity contribution in [3.63, 3.8) is 0 Å². The Bertz CT molecular complexity index is 374. The number of carboxylic acid groups (broad SMARTS) is 1. The third kappa shape index (κ3) is 2.74. The smallest absolute Gasteiger partial charge is 0.308 e. The fourth-order valence-corrected chi connectivity index (χ4v) is 1.89. The van der Waals surface area contributed by atoms with Gasteiger partial charge in [-0.15, -0.1) is 0 Å². The molecule has 1 fully saturated rings. The third-order valence-electron chi connectivity index (χ3n) is 3.39. The Morgan fingerprint density at radius 1 is 1.44 bits per heavy atom. The molecule has 0 aromatic rings. The van der Waals surface area contributed by atoms with Gasteiger partial charge in [0.2, 0.25) is 0 Å². The highest BCUT2D eigenvalue weighted by molar-refractivity contribution is 7.92. The summed E-state index contributed by atoms with van der Waals surface area (Å²) in [6.45, 7) is 3.58. The van der Waals surface area contributed by atoms with Gasteiger partial charge in [0.25, 0.3) is 0 Å². The zero-order chi connectivity index (χ0) is 12.6. The van der Waals surface area contributed by atoms with Crippen LogP contribution in [0, 0.1) is 5.92 Å². The first-order chi connectivity index (χ1) is 7.15. The minimum atomic E-state index is -3.13. The van der Waals surface area contributed by atoms with E-state index in [1.807, 2.05) is 0 Å². The van der Waals surface area contributed by atoms with E-state index >= 15 is 0 Å². The van der Waals surface area contributed by atoms with Gasteiger partial charge in [0.1, 0.15) is 0 Å². The lowest BCUT2D eigenvalue weighted by atomic mass is 9.79. The average molecular weight is 249 g/mol. The van der Waals surface area contributed by atoms with Crippen LogP contribution in [0.5, 0.6) is 0 Å². The highest BCUT2D eigenvalue weighted by Gasteiger charge is 2.38. The molecule has 6 heteroatoms. The number of aliphatic carboxylic acids is 1. The van der Waals surface area contributed by atoms with Crippen molar-refractivity contribution in [3.05, 3.63) is 0 Å². The van der Waals surface area contributed by atoms with Gasteiger partial charge in [-0.2, -0.15) is 0 Å². The summed E-state index contributed by atoms with van der Waals surface area (Å²) in [5.74, 6) is -1.17. The largest absolute Gasteiger partial charge is 0.481 e. The van der Waals surface area contributed by atoms with Crippen LogP contribution in [0.3, 0.4) is 0 Å². The molecule has 2 unspecified atom stereocenters. The van der Waals surface area contributed by atoms with Crippen LogP contribution in [0.25, 0.3) is 0 Å². The predicted octanol–water partition coefficient (Wildman–Crippen LogP) is 0.262. The van der Waals surface area contributed by atoms with Gasteiger partial charge in [-0.05, 0) is 26.7 Å². The van der Waals surface area contributed by atoms with Crippen LogP contribution in [-0.4, -0.2) is 43.1 Å². The van der Waals surface area contributed by atoms with Crippen LogP contribution in [0.2, 0.25) is 0 Å². The van der Waals surface area contributed by atoms with Crippen molar-refractivity contribution in [2.75, 3.05) is 12.8 Å². The van der Waals surface area contributed by atoms with Crippen LogP contribution >= 0.6 is 0 Å². The number of carboxylic acids is 1. The van der Waals surface area contributed by atoms with Gasteiger partial charge in [0, 0.05) is 18.8 Å². The number of nitrogens with one attached hydrogen (secondary N) is 1. The SMILES string of the molecule is CC(C)(CNC1CCC1C(=O)O)S(C)(=O)=O. The summed E-state index contributed by atoms with van der Waals surface area (Å²) in [5.41, 5.74) is 0. The van der Waals surface area contributed by atoms with Crippen molar-refractivity contribution in [1.82, 2.24) is 5.32 Å². The molecule has 2 atom stereocenters. The molecule has 0 heterocycles. The molecule has 1 saturated carbocycles. The van der Waals surface area contributed by atoms with Crippen LogP contribution in [0.1, 0.15) is 26.7 Å². The number of sulfone groups is 1. The highest BCUT2D eigenvalue weighted by Crippen LogP contribution is 2.28. The maximum atomic E-state index is 11.4. The van der Waals surface area contributed by atoms with E-state index in [2.05, 4.69) is 5.32 Å². The maximum Gasteiger partial charge on any atom is 0.308 e. The Hall–Kier alpha value is -0.620. The molecule has 0 amide bonds. The predicted molar refractivity (Wildman–Crippen MR) is 61.1 cm³/mol. The molecule has 1 rings (SSSR count). The first-order valence-electron chi connectivity index (χ1n) is 5.31. The Morgan fingerprint density at radius 3 is 2.31 bits per heavy atom. The Labute approximate surface area is 96.1 Å². The summed E-state index contributed by atoms with van der Waals surface area (Å²) in [6, 6.07) is -0.0847. The number of hydrogen-bond acceptors (Lipinski definition) is 4. The van der Waals surface area contributed by atoms with Gasteiger partial charge in [-0.3, -0.25) is 4.79 Å². The second-order valence-electron chi connectivity index (χ2n) is 5.04. The molecule has 0 saturated heterocycles. The molecule has 0 aromatic heterocycles. The molecular formula is C10H19NO4S. The van der Waals surface area contributed by atoms with E-state index in [0.29, 0.717) is 13.0 Å². The number of hydrogen-bond donors (Lipinski definition) is 2. The monoisotopic (exact) mass is 249 g/mol. The first-order valence-corrected chi connectivity index (χ1v) is 7.20. The lowest BCUT2D eigenvalue weighted by molar-refractivity contribution is -0.146.